The maximum atomic E-state index is 5.74. The van der Waals surface area contributed by atoms with Crippen molar-refractivity contribution >= 4 is 16.6 Å². The van der Waals surface area contributed by atoms with Gasteiger partial charge in [0.25, 0.3) is 0 Å². The molecule has 1 aromatic carbocycles. The highest BCUT2D eigenvalue weighted by molar-refractivity contribution is 5.92. The number of nitrogens with two attached hydrogens (primary N) is 1. The Bertz CT molecular complexity index is 589. The maximum absolute atomic E-state index is 5.74. The zero-order valence-electron chi connectivity index (χ0n) is 10.3. The van der Waals surface area contributed by atoms with Crippen molar-refractivity contribution in [1.29, 1.82) is 0 Å². The third-order valence-electron chi connectivity index (χ3n) is 3.34. The summed E-state index contributed by atoms with van der Waals surface area (Å²) in [5.74, 6) is 1.07. The van der Waals surface area contributed by atoms with E-state index in [1.54, 1.807) is 0 Å². The number of nitrogens with zero attached hydrogens (tertiary/aromatic N) is 2. The lowest BCUT2D eigenvalue weighted by Gasteiger charge is -2.26. The van der Waals surface area contributed by atoms with Gasteiger partial charge in [-0.1, -0.05) is 36.4 Å². The van der Waals surface area contributed by atoms with Gasteiger partial charge in [0, 0.05) is 25.0 Å². The number of anilines is 1. The fourth-order valence-electron chi connectivity index (χ4n) is 2.41. The molecule has 92 valence electrons. The number of pyridine rings is 1. The predicted octanol–water partition coefficient (Wildman–Crippen LogP) is 2.46. The maximum Gasteiger partial charge on any atom is 0.137 e. The van der Waals surface area contributed by atoms with E-state index >= 15 is 0 Å². The van der Waals surface area contributed by atoms with Crippen molar-refractivity contribution < 1.29 is 0 Å². The molecule has 3 heteroatoms. The third kappa shape index (κ3) is 1.97. The van der Waals surface area contributed by atoms with Crippen LogP contribution in [0.25, 0.3) is 10.8 Å². The first-order valence-corrected chi connectivity index (χ1v) is 6.37. The Labute approximate surface area is 107 Å². The summed E-state index contributed by atoms with van der Waals surface area (Å²) in [6.45, 7) is 2.45. The highest BCUT2D eigenvalue weighted by atomic mass is 15.2. The SMILES string of the molecule is NCc1cc2ccccc2c(N2CC=CCC2)n1. The summed E-state index contributed by atoms with van der Waals surface area (Å²) in [7, 11) is 0. The monoisotopic (exact) mass is 239 g/mol. The molecule has 1 aliphatic rings. The van der Waals surface area contributed by atoms with Crippen molar-refractivity contribution in [2.24, 2.45) is 5.73 Å². The van der Waals surface area contributed by atoms with Gasteiger partial charge in [0.05, 0.1) is 5.69 Å². The normalized spacial score (nSPS) is 15.3. The number of hydrogen-bond acceptors (Lipinski definition) is 3. The lowest BCUT2D eigenvalue weighted by atomic mass is 10.1. The Balaban J connectivity index is 2.16. The summed E-state index contributed by atoms with van der Waals surface area (Å²) in [6, 6.07) is 10.5. The lowest BCUT2D eigenvalue weighted by Crippen LogP contribution is -2.28. The second-order valence-corrected chi connectivity index (χ2v) is 4.57. The molecule has 18 heavy (non-hydrogen) atoms. The first-order valence-electron chi connectivity index (χ1n) is 6.37. The average molecular weight is 239 g/mol. The number of hydrogen-bond donors (Lipinski definition) is 1. The zero-order chi connectivity index (χ0) is 12.4. The molecule has 0 fully saturated rings. The summed E-state index contributed by atoms with van der Waals surface area (Å²) in [5, 5.41) is 2.43. The van der Waals surface area contributed by atoms with E-state index in [0.29, 0.717) is 6.54 Å². The molecule has 3 rings (SSSR count). The molecule has 0 saturated carbocycles. The van der Waals surface area contributed by atoms with Gasteiger partial charge in [-0.3, -0.25) is 0 Å². The van der Waals surface area contributed by atoms with Gasteiger partial charge in [0.2, 0.25) is 0 Å². The second kappa shape index (κ2) is 4.78. The number of aromatic nitrogens is 1. The Kier molecular flexibility index (Phi) is 2.99. The summed E-state index contributed by atoms with van der Waals surface area (Å²) >= 11 is 0. The van der Waals surface area contributed by atoms with E-state index in [4.69, 9.17) is 10.7 Å². The topological polar surface area (TPSA) is 42.1 Å². The Morgan fingerprint density at radius 2 is 2.11 bits per heavy atom. The molecule has 3 nitrogen and oxygen atoms in total. The van der Waals surface area contributed by atoms with Crippen LogP contribution >= 0.6 is 0 Å². The average Bonchev–Trinajstić information content (AvgIpc) is 2.47. The minimum absolute atomic E-state index is 0.488. The van der Waals surface area contributed by atoms with Crippen molar-refractivity contribution in [1.82, 2.24) is 4.98 Å². The van der Waals surface area contributed by atoms with Crippen LogP contribution in [0.4, 0.5) is 5.82 Å². The predicted molar refractivity (Wildman–Crippen MR) is 75.6 cm³/mol. The van der Waals surface area contributed by atoms with Crippen molar-refractivity contribution in [2.75, 3.05) is 18.0 Å². The first-order chi connectivity index (χ1) is 8.88. The number of rotatable bonds is 2. The van der Waals surface area contributed by atoms with Crippen LogP contribution in [0.1, 0.15) is 12.1 Å². The van der Waals surface area contributed by atoms with Crippen LogP contribution in [0.15, 0.2) is 42.5 Å². The van der Waals surface area contributed by atoms with Gasteiger partial charge in [0.1, 0.15) is 5.82 Å². The molecule has 2 heterocycles. The van der Waals surface area contributed by atoms with Gasteiger partial charge in [0.15, 0.2) is 0 Å². The van der Waals surface area contributed by atoms with Gasteiger partial charge in [-0.15, -0.1) is 0 Å². The molecular weight excluding hydrogens is 222 g/mol. The molecular formula is C15H17N3. The van der Waals surface area contributed by atoms with Crippen LogP contribution < -0.4 is 10.6 Å². The van der Waals surface area contributed by atoms with E-state index in [-0.39, 0.29) is 0 Å². The molecule has 1 aromatic heterocycles. The fraction of sp³-hybridized carbons (Fsp3) is 0.267. The van der Waals surface area contributed by atoms with Crippen molar-refractivity contribution in [3.8, 4) is 0 Å². The molecule has 0 radical (unpaired) electrons. The fourth-order valence-corrected chi connectivity index (χ4v) is 2.41. The van der Waals surface area contributed by atoms with Gasteiger partial charge in [-0.25, -0.2) is 4.98 Å². The van der Waals surface area contributed by atoms with E-state index in [1.807, 2.05) is 0 Å². The molecule has 0 bridgehead atoms. The molecule has 0 spiro atoms. The van der Waals surface area contributed by atoms with Gasteiger partial charge < -0.3 is 10.6 Å². The van der Waals surface area contributed by atoms with E-state index in [9.17, 15) is 0 Å². The zero-order valence-corrected chi connectivity index (χ0v) is 10.3. The van der Waals surface area contributed by atoms with Crippen LogP contribution in [0.2, 0.25) is 0 Å². The number of fused-ring (bicyclic) bond motifs is 1. The smallest absolute Gasteiger partial charge is 0.137 e. The van der Waals surface area contributed by atoms with Crippen molar-refractivity contribution in [3.05, 3.63) is 48.2 Å². The Morgan fingerprint density at radius 3 is 2.89 bits per heavy atom. The van der Waals surface area contributed by atoms with Crippen molar-refractivity contribution in [2.45, 2.75) is 13.0 Å². The minimum Gasteiger partial charge on any atom is -0.352 e. The molecule has 0 aliphatic carbocycles. The summed E-state index contributed by atoms with van der Waals surface area (Å²) < 4.78 is 0. The standard InChI is InChI=1S/C15H17N3/c16-11-13-10-12-6-2-3-7-14(12)15(17-13)18-8-4-1-5-9-18/h1-4,6-7,10H,5,8-9,11,16H2. The summed E-state index contributed by atoms with van der Waals surface area (Å²) in [6.07, 6.45) is 5.52. The molecule has 1 aliphatic heterocycles. The van der Waals surface area contributed by atoms with E-state index in [0.717, 1.165) is 31.0 Å². The van der Waals surface area contributed by atoms with Crippen LogP contribution in [-0.4, -0.2) is 18.1 Å². The minimum atomic E-state index is 0.488. The molecule has 2 N–H and O–H groups in total. The Hall–Kier alpha value is -1.87. The van der Waals surface area contributed by atoms with E-state index in [1.165, 1.54) is 10.8 Å². The van der Waals surface area contributed by atoms with Crippen LogP contribution in [-0.2, 0) is 6.54 Å². The van der Waals surface area contributed by atoms with Crippen LogP contribution in [0.5, 0.6) is 0 Å². The lowest BCUT2D eigenvalue weighted by molar-refractivity contribution is 0.804. The van der Waals surface area contributed by atoms with Gasteiger partial charge in [-0.05, 0) is 17.9 Å². The summed E-state index contributed by atoms with van der Waals surface area (Å²) in [4.78, 5) is 7.03. The first kappa shape index (κ1) is 11.2. The summed E-state index contributed by atoms with van der Waals surface area (Å²) in [5.41, 5.74) is 6.70. The highest BCUT2D eigenvalue weighted by Crippen LogP contribution is 2.26. The quantitative estimate of drug-likeness (QED) is 0.819. The molecule has 0 amide bonds. The molecule has 0 atom stereocenters. The second-order valence-electron chi connectivity index (χ2n) is 4.57. The Morgan fingerprint density at radius 1 is 1.22 bits per heavy atom. The van der Waals surface area contributed by atoms with Crippen LogP contribution in [0.3, 0.4) is 0 Å². The van der Waals surface area contributed by atoms with Crippen molar-refractivity contribution in [3.63, 3.8) is 0 Å². The van der Waals surface area contributed by atoms with Gasteiger partial charge in [-0.2, -0.15) is 0 Å². The largest absolute Gasteiger partial charge is 0.352 e. The van der Waals surface area contributed by atoms with E-state index in [2.05, 4.69) is 47.4 Å². The molecule has 2 aromatic rings. The van der Waals surface area contributed by atoms with E-state index < -0.39 is 0 Å². The molecule has 0 saturated heterocycles. The number of benzene rings is 1. The van der Waals surface area contributed by atoms with Gasteiger partial charge >= 0.3 is 0 Å². The van der Waals surface area contributed by atoms with Crippen LogP contribution in [0, 0.1) is 0 Å². The third-order valence-corrected chi connectivity index (χ3v) is 3.34. The molecule has 0 unspecified atom stereocenters. The highest BCUT2D eigenvalue weighted by Gasteiger charge is 2.13.